The van der Waals surface area contributed by atoms with Gasteiger partial charge in [0, 0.05) is 0 Å². The van der Waals surface area contributed by atoms with Crippen molar-refractivity contribution in [3.8, 4) is 0 Å². The normalized spacial score (nSPS) is 13.9. The molecule has 0 aromatic heterocycles. The molecule has 3 N–H and O–H groups in total. The number of nitrogens with two attached hydrogens (primary N) is 1. The highest BCUT2D eigenvalue weighted by molar-refractivity contribution is 4.53. The van der Waals surface area contributed by atoms with E-state index in [4.69, 9.17) is 10.8 Å². The first-order valence-corrected chi connectivity index (χ1v) is 2.33. The Labute approximate surface area is 48.1 Å². The molecule has 50 valence electrons. The van der Waals surface area contributed by atoms with Gasteiger partial charge in [-0.05, 0) is 0 Å². The van der Waals surface area contributed by atoms with E-state index in [1.165, 1.54) is 7.11 Å². The summed E-state index contributed by atoms with van der Waals surface area (Å²) < 4.78 is 0. The SMILES string of the molecule is COOC[C@H](N)CO. The van der Waals surface area contributed by atoms with Crippen molar-refractivity contribution in [3.05, 3.63) is 0 Å². The van der Waals surface area contributed by atoms with Crippen LogP contribution in [-0.2, 0) is 9.78 Å². The summed E-state index contributed by atoms with van der Waals surface area (Å²) in [5.41, 5.74) is 5.20. The Hall–Kier alpha value is -0.160. The van der Waals surface area contributed by atoms with E-state index in [2.05, 4.69) is 9.78 Å². The van der Waals surface area contributed by atoms with Gasteiger partial charge in [-0.3, -0.25) is 0 Å². The zero-order valence-electron chi connectivity index (χ0n) is 4.83. The minimum Gasteiger partial charge on any atom is -0.395 e. The number of hydrogen-bond acceptors (Lipinski definition) is 4. The van der Waals surface area contributed by atoms with E-state index in [9.17, 15) is 0 Å². The third-order valence-electron chi connectivity index (χ3n) is 0.634. The molecule has 4 nitrogen and oxygen atoms in total. The summed E-state index contributed by atoms with van der Waals surface area (Å²) in [6.07, 6.45) is 0. The van der Waals surface area contributed by atoms with Crippen LogP contribution in [0.4, 0.5) is 0 Å². The van der Waals surface area contributed by atoms with Crippen LogP contribution < -0.4 is 5.73 Å². The van der Waals surface area contributed by atoms with Gasteiger partial charge in [-0.15, -0.1) is 0 Å². The van der Waals surface area contributed by atoms with Crippen LogP contribution in [0.5, 0.6) is 0 Å². The second kappa shape index (κ2) is 4.99. The minimum absolute atomic E-state index is 0.0800. The van der Waals surface area contributed by atoms with Crippen LogP contribution in [0.1, 0.15) is 0 Å². The summed E-state index contributed by atoms with van der Waals surface area (Å²) >= 11 is 0. The first-order chi connectivity index (χ1) is 3.81. The van der Waals surface area contributed by atoms with Crippen molar-refractivity contribution in [1.29, 1.82) is 0 Å². The van der Waals surface area contributed by atoms with Gasteiger partial charge < -0.3 is 10.8 Å². The Morgan fingerprint density at radius 3 is 2.75 bits per heavy atom. The molecule has 0 bridgehead atoms. The molecule has 1 atom stereocenters. The molecule has 0 unspecified atom stereocenters. The average Bonchev–Trinajstić information content (AvgIpc) is 1.83. The van der Waals surface area contributed by atoms with Crippen LogP contribution >= 0.6 is 0 Å². The summed E-state index contributed by atoms with van der Waals surface area (Å²) in [6, 6.07) is -0.338. The van der Waals surface area contributed by atoms with Crippen molar-refractivity contribution in [2.24, 2.45) is 5.73 Å². The lowest BCUT2D eigenvalue weighted by Gasteiger charge is -2.04. The fourth-order valence-electron chi connectivity index (χ4n) is 0.208. The number of hydrogen-bond donors (Lipinski definition) is 2. The predicted molar refractivity (Wildman–Crippen MR) is 28.0 cm³/mol. The molecule has 0 aliphatic rings. The van der Waals surface area contributed by atoms with E-state index < -0.39 is 0 Å². The topological polar surface area (TPSA) is 64.7 Å². The van der Waals surface area contributed by atoms with Crippen LogP contribution in [0.25, 0.3) is 0 Å². The average molecular weight is 121 g/mol. The molecule has 0 aliphatic heterocycles. The molecule has 4 heteroatoms. The molecular weight excluding hydrogens is 110 g/mol. The van der Waals surface area contributed by atoms with Crippen LogP contribution in [0.2, 0.25) is 0 Å². The standard InChI is InChI=1S/C4H11NO3/c1-7-8-3-4(5)2-6/h4,6H,2-3,5H2,1H3/t4-/m1/s1. The molecule has 0 aromatic carbocycles. The van der Waals surface area contributed by atoms with Crippen LogP contribution in [0, 0.1) is 0 Å². The second-order valence-electron chi connectivity index (χ2n) is 1.39. The molecule has 0 saturated carbocycles. The van der Waals surface area contributed by atoms with Crippen molar-refractivity contribution in [2.45, 2.75) is 6.04 Å². The molecule has 0 aliphatic carbocycles. The van der Waals surface area contributed by atoms with Crippen molar-refractivity contribution >= 4 is 0 Å². The van der Waals surface area contributed by atoms with Crippen LogP contribution in [0.15, 0.2) is 0 Å². The van der Waals surface area contributed by atoms with Crippen LogP contribution in [0.3, 0.4) is 0 Å². The van der Waals surface area contributed by atoms with Crippen molar-refractivity contribution in [2.75, 3.05) is 20.3 Å². The Morgan fingerprint density at radius 2 is 2.38 bits per heavy atom. The quantitative estimate of drug-likeness (QED) is 0.365. The Balaban J connectivity index is 2.86. The maximum atomic E-state index is 8.30. The van der Waals surface area contributed by atoms with Gasteiger partial charge in [0.2, 0.25) is 0 Å². The molecule has 0 radical (unpaired) electrons. The molecule has 0 amide bonds. The number of aliphatic hydroxyl groups excluding tert-OH is 1. The van der Waals surface area contributed by atoms with Gasteiger partial charge in [-0.25, -0.2) is 9.78 Å². The Kier molecular flexibility index (Phi) is 4.89. The van der Waals surface area contributed by atoms with Crippen LogP contribution in [-0.4, -0.2) is 31.5 Å². The predicted octanol–water partition coefficient (Wildman–Crippen LogP) is -1.12. The van der Waals surface area contributed by atoms with E-state index in [0.29, 0.717) is 0 Å². The molecule has 0 rings (SSSR count). The van der Waals surface area contributed by atoms with Gasteiger partial charge >= 0.3 is 0 Å². The lowest BCUT2D eigenvalue weighted by atomic mass is 10.4. The number of aliphatic hydroxyl groups is 1. The maximum absolute atomic E-state index is 8.30. The van der Waals surface area contributed by atoms with Gasteiger partial charge in [-0.2, -0.15) is 0 Å². The summed E-state index contributed by atoms with van der Waals surface area (Å²) in [5.74, 6) is 0. The first-order valence-electron chi connectivity index (χ1n) is 2.33. The van der Waals surface area contributed by atoms with Crippen molar-refractivity contribution in [1.82, 2.24) is 0 Å². The van der Waals surface area contributed by atoms with E-state index in [-0.39, 0.29) is 19.3 Å². The largest absolute Gasteiger partial charge is 0.395 e. The van der Waals surface area contributed by atoms with Gasteiger partial charge in [0.15, 0.2) is 0 Å². The van der Waals surface area contributed by atoms with Gasteiger partial charge in [-0.1, -0.05) is 0 Å². The highest BCUT2D eigenvalue weighted by Gasteiger charge is 1.97. The molecule has 0 saturated heterocycles. The van der Waals surface area contributed by atoms with E-state index >= 15 is 0 Å². The van der Waals surface area contributed by atoms with Gasteiger partial charge in [0.1, 0.15) is 0 Å². The summed E-state index contributed by atoms with van der Waals surface area (Å²) in [6.45, 7) is 0.149. The molecular formula is C4H11NO3. The fraction of sp³-hybridized carbons (Fsp3) is 1.00. The molecule has 0 spiro atoms. The zero-order valence-corrected chi connectivity index (χ0v) is 4.83. The lowest BCUT2D eigenvalue weighted by molar-refractivity contribution is -0.275. The molecule has 0 fully saturated rings. The number of rotatable bonds is 4. The van der Waals surface area contributed by atoms with E-state index in [1.807, 2.05) is 0 Å². The monoisotopic (exact) mass is 121 g/mol. The zero-order chi connectivity index (χ0) is 6.41. The highest BCUT2D eigenvalue weighted by atomic mass is 17.2. The lowest BCUT2D eigenvalue weighted by Crippen LogP contribution is -2.29. The van der Waals surface area contributed by atoms with Gasteiger partial charge in [0.25, 0.3) is 0 Å². The van der Waals surface area contributed by atoms with Crippen molar-refractivity contribution in [3.63, 3.8) is 0 Å². The van der Waals surface area contributed by atoms with Crippen molar-refractivity contribution < 1.29 is 14.9 Å². The molecule has 0 heterocycles. The smallest absolute Gasteiger partial charge is 0.0995 e. The molecule has 0 aromatic rings. The second-order valence-corrected chi connectivity index (χ2v) is 1.39. The Bertz CT molecular complexity index is 50.5. The highest BCUT2D eigenvalue weighted by Crippen LogP contribution is 1.78. The summed E-state index contributed by atoms with van der Waals surface area (Å²) in [4.78, 5) is 8.62. The molecule has 8 heavy (non-hydrogen) atoms. The van der Waals surface area contributed by atoms with E-state index in [1.54, 1.807) is 0 Å². The summed E-state index contributed by atoms with van der Waals surface area (Å²) in [5, 5.41) is 8.30. The minimum atomic E-state index is -0.338. The van der Waals surface area contributed by atoms with Gasteiger partial charge in [0.05, 0.1) is 26.4 Å². The van der Waals surface area contributed by atoms with E-state index in [0.717, 1.165) is 0 Å². The third-order valence-corrected chi connectivity index (χ3v) is 0.634. The fourth-order valence-corrected chi connectivity index (χ4v) is 0.208. The Morgan fingerprint density at radius 1 is 1.75 bits per heavy atom. The first kappa shape index (κ1) is 7.84. The maximum Gasteiger partial charge on any atom is 0.0995 e. The third kappa shape index (κ3) is 4.01. The summed E-state index contributed by atoms with van der Waals surface area (Å²) in [7, 11) is 1.39.